The molecule has 1 N–H and O–H groups in total. The molecule has 0 saturated heterocycles. The first-order chi connectivity index (χ1) is 8.72. The van der Waals surface area contributed by atoms with Crippen LogP contribution in [0.2, 0.25) is 0 Å². The lowest BCUT2D eigenvalue weighted by Crippen LogP contribution is -2.27. The van der Waals surface area contributed by atoms with E-state index in [0.29, 0.717) is 0 Å². The van der Waals surface area contributed by atoms with Gasteiger partial charge in [0.15, 0.2) is 0 Å². The molecule has 0 saturated carbocycles. The zero-order valence-electron chi connectivity index (χ0n) is 11.8. The van der Waals surface area contributed by atoms with E-state index in [1.54, 1.807) is 5.56 Å². The largest absolute Gasteiger partial charge is 0.317 e. The molecule has 1 aliphatic rings. The summed E-state index contributed by atoms with van der Waals surface area (Å²) in [5.74, 6) is 3.59. The quantitative estimate of drug-likeness (QED) is 0.827. The molecule has 0 aliphatic carbocycles. The first kappa shape index (κ1) is 14.0. The van der Waals surface area contributed by atoms with Gasteiger partial charge in [0.05, 0.1) is 0 Å². The van der Waals surface area contributed by atoms with Gasteiger partial charge in [-0.25, -0.2) is 0 Å². The molecule has 2 unspecified atom stereocenters. The predicted molar refractivity (Wildman–Crippen MR) is 81.4 cm³/mol. The van der Waals surface area contributed by atoms with Crippen molar-refractivity contribution < 1.29 is 0 Å². The molecule has 1 nitrogen and oxygen atoms in total. The van der Waals surface area contributed by atoms with Crippen LogP contribution in [0.4, 0.5) is 0 Å². The Hall–Kier alpha value is -0.470. The van der Waals surface area contributed by atoms with Gasteiger partial charge >= 0.3 is 0 Å². The topological polar surface area (TPSA) is 12.0 Å². The second-order valence-electron chi connectivity index (χ2n) is 5.59. The molecule has 1 aromatic rings. The van der Waals surface area contributed by atoms with Crippen LogP contribution >= 0.6 is 11.8 Å². The summed E-state index contributed by atoms with van der Waals surface area (Å²) in [7, 11) is 0. The van der Waals surface area contributed by atoms with Crippen LogP contribution in [-0.2, 0) is 0 Å². The van der Waals surface area contributed by atoms with Crippen LogP contribution in [0.1, 0.15) is 38.7 Å². The summed E-state index contributed by atoms with van der Waals surface area (Å²) in [6.07, 6.45) is 1.33. The van der Waals surface area contributed by atoms with E-state index < -0.39 is 0 Å². The van der Waals surface area contributed by atoms with Crippen molar-refractivity contribution in [2.75, 3.05) is 18.8 Å². The molecule has 1 aromatic carbocycles. The lowest BCUT2D eigenvalue weighted by molar-refractivity contribution is 0.327. The summed E-state index contributed by atoms with van der Waals surface area (Å²) < 4.78 is 0. The fourth-order valence-corrected chi connectivity index (χ4v) is 3.98. The van der Waals surface area contributed by atoms with Crippen molar-refractivity contribution in [3.05, 3.63) is 29.8 Å². The van der Waals surface area contributed by atoms with E-state index in [0.717, 1.165) is 30.8 Å². The van der Waals surface area contributed by atoms with Crippen molar-refractivity contribution in [2.45, 2.75) is 38.0 Å². The number of fused-ring (bicyclic) bond motifs is 1. The fraction of sp³-hybridized carbons (Fsp3) is 0.625. The third-order valence-electron chi connectivity index (χ3n) is 3.99. The van der Waals surface area contributed by atoms with Crippen LogP contribution in [-0.4, -0.2) is 18.8 Å². The number of thioether (sulfide) groups is 1. The van der Waals surface area contributed by atoms with Crippen LogP contribution < -0.4 is 5.32 Å². The minimum Gasteiger partial charge on any atom is -0.317 e. The number of rotatable bonds is 6. The molecule has 0 spiro atoms. The van der Waals surface area contributed by atoms with Crippen LogP contribution in [0.15, 0.2) is 29.2 Å². The number of benzene rings is 1. The van der Waals surface area contributed by atoms with E-state index in [2.05, 4.69) is 50.4 Å². The van der Waals surface area contributed by atoms with E-state index in [9.17, 15) is 0 Å². The zero-order chi connectivity index (χ0) is 13.0. The highest BCUT2D eigenvalue weighted by Crippen LogP contribution is 2.43. The fourth-order valence-electron chi connectivity index (χ4n) is 2.71. The summed E-state index contributed by atoms with van der Waals surface area (Å²) in [4.78, 5) is 1.51. The number of hydrogen-bond acceptors (Lipinski definition) is 2. The van der Waals surface area contributed by atoms with Crippen LogP contribution in [0.5, 0.6) is 0 Å². The molecule has 0 bridgehead atoms. The summed E-state index contributed by atoms with van der Waals surface area (Å²) in [6, 6.07) is 8.94. The molecule has 0 radical (unpaired) electrons. The molecule has 2 atom stereocenters. The Labute approximate surface area is 116 Å². The Morgan fingerprint density at radius 3 is 2.83 bits per heavy atom. The Kier molecular flexibility index (Phi) is 5.13. The molecule has 100 valence electrons. The van der Waals surface area contributed by atoms with E-state index >= 15 is 0 Å². The first-order valence-corrected chi connectivity index (χ1v) is 8.13. The highest BCUT2D eigenvalue weighted by molar-refractivity contribution is 7.99. The average Bonchev–Trinajstić information content (AvgIpc) is 2.77. The third-order valence-corrected chi connectivity index (χ3v) is 5.24. The maximum Gasteiger partial charge on any atom is 0.0107 e. The van der Waals surface area contributed by atoms with Crippen molar-refractivity contribution in [3.8, 4) is 0 Å². The van der Waals surface area contributed by atoms with Gasteiger partial charge in [-0.1, -0.05) is 39.0 Å². The first-order valence-electron chi connectivity index (χ1n) is 7.14. The summed E-state index contributed by atoms with van der Waals surface area (Å²) >= 11 is 2.03. The molecule has 1 aliphatic heterocycles. The average molecular weight is 263 g/mol. The molecule has 0 aromatic heterocycles. The monoisotopic (exact) mass is 263 g/mol. The summed E-state index contributed by atoms with van der Waals surface area (Å²) in [5.41, 5.74) is 1.59. The Morgan fingerprint density at radius 1 is 1.33 bits per heavy atom. The predicted octanol–water partition coefficient (Wildman–Crippen LogP) is 4.15. The van der Waals surface area contributed by atoms with Gasteiger partial charge in [0.2, 0.25) is 0 Å². The van der Waals surface area contributed by atoms with Gasteiger partial charge in [-0.3, -0.25) is 0 Å². The molecular weight excluding hydrogens is 238 g/mol. The molecule has 2 heteroatoms. The Bertz CT molecular complexity index is 375. The molecule has 0 fully saturated rings. The molecule has 2 rings (SSSR count). The minimum atomic E-state index is 0.761. The van der Waals surface area contributed by atoms with Crippen LogP contribution in [0.3, 0.4) is 0 Å². The van der Waals surface area contributed by atoms with E-state index in [1.807, 2.05) is 11.8 Å². The van der Waals surface area contributed by atoms with Gasteiger partial charge in [-0.2, -0.15) is 0 Å². The highest BCUT2D eigenvalue weighted by Gasteiger charge is 2.26. The zero-order valence-corrected chi connectivity index (χ0v) is 12.6. The molecule has 0 amide bonds. The lowest BCUT2D eigenvalue weighted by atomic mass is 9.84. The van der Waals surface area contributed by atoms with E-state index in [4.69, 9.17) is 0 Å². The van der Waals surface area contributed by atoms with Gasteiger partial charge in [-0.15, -0.1) is 11.8 Å². The lowest BCUT2D eigenvalue weighted by Gasteiger charge is -2.24. The third kappa shape index (κ3) is 3.30. The van der Waals surface area contributed by atoms with Crippen molar-refractivity contribution in [2.24, 2.45) is 11.8 Å². The van der Waals surface area contributed by atoms with Crippen LogP contribution in [0, 0.1) is 11.8 Å². The smallest absolute Gasteiger partial charge is 0.0107 e. The highest BCUT2D eigenvalue weighted by atomic mass is 32.2. The second-order valence-corrected chi connectivity index (χ2v) is 6.66. The number of hydrogen-bond donors (Lipinski definition) is 1. The normalized spacial score (nSPS) is 20.1. The maximum atomic E-state index is 3.52. The summed E-state index contributed by atoms with van der Waals surface area (Å²) in [5, 5.41) is 3.52. The van der Waals surface area contributed by atoms with Gasteiger partial charge in [-0.05, 0) is 48.9 Å². The SMILES string of the molecule is CCNCC(CC1CSc2ccccc21)C(C)C. The van der Waals surface area contributed by atoms with Crippen molar-refractivity contribution in [1.82, 2.24) is 5.32 Å². The molecular formula is C16H25NS. The second kappa shape index (κ2) is 6.63. The van der Waals surface area contributed by atoms with Gasteiger partial charge in [0.1, 0.15) is 0 Å². The number of nitrogens with one attached hydrogen (secondary N) is 1. The summed E-state index contributed by atoms with van der Waals surface area (Å²) in [6.45, 7) is 9.15. The van der Waals surface area contributed by atoms with Gasteiger partial charge < -0.3 is 5.32 Å². The minimum absolute atomic E-state index is 0.761. The van der Waals surface area contributed by atoms with Crippen molar-refractivity contribution in [1.29, 1.82) is 0 Å². The maximum absolute atomic E-state index is 3.52. The molecule has 18 heavy (non-hydrogen) atoms. The van der Waals surface area contributed by atoms with Gasteiger partial charge in [0.25, 0.3) is 0 Å². The Morgan fingerprint density at radius 2 is 2.11 bits per heavy atom. The van der Waals surface area contributed by atoms with Crippen molar-refractivity contribution >= 4 is 11.8 Å². The van der Waals surface area contributed by atoms with E-state index in [-0.39, 0.29) is 0 Å². The Balaban J connectivity index is 2.00. The van der Waals surface area contributed by atoms with Gasteiger partial charge in [0, 0.05) is 10.6 Å². The standard InChI is InChI=1S/C16H25NS/c1-4-17-10-13(12(2)3)9-14-11-18-16-8-6-5-7-15(14)16/h5-8,12-14,17H,4,9-11H2,1-3H3. The van der Waals surface area contributed by atoms with Crippen molar-refractivity contribution in [3.63, 3.8) is 0 Å². The van der Waals surface area contributed by atoms with E-state index in [1.165, 1.54) is 17.1 Å². The molecule has 1 heterocycles. The van der Waals surface area contributed by atoms with Crippen LogP contribution in [0.25, 0.3) is 0 Å².